The standard InChI is InChI=1S/C16H16N2O4/c19-15(13-6-2-1-3-7-13)11-17-16(20)10-12-5-4-8-14(9-12)18(21)22/h1-9,15,19H,10-11H2,(H,17,20)/t15-/m1/s1. The molecule has 0 aliphatic carbocycles. The summed E-state index contributed by atoms with van der Waals surface area (Å²) < 4.78 is 0. The highest BCUT2D eigenvalue weighted by Gasteiger charge is 2.11. The van der Waals surface area contributed by atoms with E-state index >= 15 is 0 Å². The van der Waals surface area contributed by atoms with E-state index in [1.54, 1.807) is 24.3 Å². The van der Waals surface area contributed by atoms with Crippen molar-refractivity contribution >= 4 is 11.6 Å². The van der Waals surface area contributed by atoms with Crippen molar-refractivity contribution in [2.24, 2.45) is 0 Å². The van der Waals surface area contributed by atoms with E-state index in [0.29, 0.717) is 5.56 Å². The van der Waals surface area contributed by atoms with Crippen LogP contribution < -0.4 is 5.32 Å². The lowest BCUT2D eigenvalue weighted by molar-refractivity contribution is -0.384. The number of hydrogen-bond acceptors (Lipinski definition) is 4. The van der Waals surface area contributed by atoms with E-state index in [2.05, 4.69) is 5.32 Å². The van der Waals surface area contributed by atoms with E-state index in [-0.39, 0.29) is 24.6 Å². The molecule has 0 aliphatic heterocycles. The molecule has 2 aromatic rings. The fourth-order valence-corrected chi connectivity index (χ4v) is 2.03. The first-order chi connectivity index (χ1) is 10.6. The van der Waals surface area contributed by atoms with Gasteiger partial charge in [0.2, 0.25) is 5.91 Å². The molecule has 0 aromatic heterocycles. The summed E-state index contributed by atoms with van der Waals surface area (Å²) in [6, 6.07) is 15.0. The van der Waals surface area contributed by atoms with Gasteiger partial charge < -0.3 is 10.4 Å². The number of rotatable bonds is 6. The van der Waals surface area contributed by atoms with E-state index in [1.807, 2.05) is 18.2 Å². The van der Waals surface area contributed by atoms with E-state index < -0.39 is 11.0 Å². The highest BCUT2D eigenvalue weighted by Crippen LogP contribution is 2.14. The molecule has 6 heteroatoms. The molecule has 0 unspecified atom stereocenters. The summed E-state index contributed by atoms with van der Waals surface area (Å²) in [5.74, 6) is -0.296. The zero-order valence-corrected chi connectivity index (χ0v) is 11.8. The van der Waals surface area contributed by atoms with Gasteiger partial charge in [0.15, 0.2) is 0 Å². The van der Waals surface area contributed by atoms with Crippen LogP contribution in [0, 0.1) is 10.1 Å². The van der Waals surface area contributed by atoms with Crippen molar-refractivity contribution in [1.29, 1.82) is 0 Å². The van der Waals surface area contributed by atoms with Crippen molar-refractivity contribution in [3.63, 3.8) is 0 Å². The number of nitrogens with one attached hydrogen (secondary N) is 1. The molecule has 1 atom stereocenters. The minimum Gasteiger partial charge on any atom is -0.387 e. The Balaban J connectivity index is 1.88. The number of carbonyl (C=O) groups is 1. The Morgan fingerprint density at radius 2 is 1.91 bits per heavy atom. The van der Waals surface area contributed by atoms with Gasteiger partial charge in [-0.15, -0.1) is 0 Å². The predicted molar refractivity (Wildman–Crippen MR) is 81.2 cm³/mol. The van der Waals surface area contributed by atoms with Crippen LogP contribution in [0.15, 0.2) is 54.6 Å². The van der Waals surface area contributed by atoms with Gasteiger partial charge in [-0.1, -0.05) is 42.5 Å². The summed E-state index contributed by atoms with van der Waals surface area (Å²) >= 11 is 0. The average Bonchev–Trinajstić information content (AvgIpc) is 2.53. The first-order valence-electron chi connectivity index (χ1n) is 6.79. The van der Waals surface area contributed by atoms with Crippen molar-refractivity contribution in [3.05, 3.63) is 75.8 Å². The summed E-state index contributed by atoms with van der Waals surface area (Å²) in [6.45, 7) is 0.0950. The molecule has 114 valence electrons. The average molecular weight is 300 g/mol. The summed E-state index contributed by atoms with van der Waals surface area (Å²) in [4.78, 5) is 22.0. The van der Waals surface area contributed by atoms with Crippen LogP contribution in [0.1, 0.15) is 17.2 Å². The number of non-ortho nitro benzene ring substituents is 1. The van der Waals surface area contributed by atoms with Crippen molar-refractivity contribution in [1.82, 2.24) is 5.32 Å². The summed E-state index contributed by atoms with van der Waals surface area (Å²) in [5, 5.41) is 23.3. The second kappa shape index (κ2) is 7.33. The van der Waals surface area contributed by atoms with Gasteiger partial charge in [0.1, 0.15) is 0 Å². The molecular weight excluding hydrogens is 284 g/mol. The Kier molecular flexibility index (Phi) is 5.21. The van der Waals surface area contributed by atoms with Gasteiger partial charge in [0.25, 0.3) is 5.69 Å². The fourth-order valence-electron chi connectivity index (χ4n) is 2.03. The molecule has 0 saturated heterocycles. The Morgan fingerprint density at radius 3 is 2.59 bits per heavy atom. The number of benzene rings is 2. The molecule has 0 spiro atoms. The minimum absolute atomic E-state index is 0.0309. The smallest absolute Gasteiger partial charge is 0.269 e. The van der Waals surface area contributed by atoms with Crippen LogP contribution in [0.4, 0.5) is 5.69 Å². The maximum Gasteiger partial charge on any atom is 0.269 e. The van der Waals surface area contributed by atoms with Crippen molar-refractivity contribution in [2.45, 2.75) is 12.5 Å². The Labute approximate surface area is 127 Å². The van der Waals surface area contributed by atoms with Crippen molar-refractivity contribution < 1.29 is 14.8 Å². The quantitative estimate of drug-likeness (QED) is 0.630. The number of carbonyl (C=O) groups excluding carboxylic acids is 1. The first kappa shape index (κ1) is 15.7. The largest absolute Gasteiger partial charge is 0.387 e. The maximum absolute atomic E-state index is 11.8. The summed E-state index contributed by atoms with van der Waals surface area (Å²) in [7, 11) is 0. The zero-order valence-electron chi connectivity index (χ0n) is 11.8. The summed E-state index contributed by atoms with van der Waals surface area (Å²) in [5.41, 5.74) is 1.23. The van der Waals surface area contributed by atoms with Crippen LogP contribution in [0.2, 0.25) is 0 Å². The number of amides is 1. The number of aliphatic hydroxyl groups excluding tert-OH is 1. The monoisotopic (exact) mass is 300 g/mol. The van der Waals surface area contributed by atoms with Gasteiger partial charge in [-0.3, -0.25) is 14.9 Å². The molecule has 2 aromatic carbocycles. The minimum atomic E-state index is -0.782. The Hall–Kier alpha value is -2.73. The van der Waals surface area contributed by atoms with E-state index in [9.17, 15) is 20.0 Å². The molecular formula is C16H16N2O4. The van der Waals surface area contributed by atoms with Gasteiger partial charge in [0, 0.05) is 18.7 Å². The van der Waals surface area contributed by atoms with Gasteiger partial charge >= 0.3 is 0 Å². The van der Waals surface area contributed by atoms with Crippen LogP contribution in [0.25, 0.3) is 0 Å². The molecule has 0 fully saturated rings. The molecule has 2 N–H and O–H groups in total. The van der Waals surface area contributed by atoms with Crippen LogP contribution in [-0.2, 0) is 11.2 Å². The van der Waals surface area contributed by atoms with E-state index in [0.717, 1.165) is 5.56 Å². The highest BCUT2D eigenvalue weighted by atomic mass is 16.6. The number of nitrogens with zero attached hydrogens (tertiary/aromatic N) is 1. The van der Waals surface area contributed by atoms with Gasteiger partial charge in [-0.2, -0.15) is 0 Å². The second-order valence-electron chi connectivity index (χ2n) is 4.83. The SMILES string of the molecule is O=C(Cc1cccc([N+](=O)[O-])c1)NC[C@@H](O)c1ccccc1. The lowest BCUT2D eigenvalue weighted by Gasteiger charge is -2.12. The number of nitro groups is 1. The topological polar surface area (TPSA) is 92.5 Å². The second-order valence-corrected chi connectivity index (χ2v) is 4.83. The van der Waals surface area contributed by atoms with Gasteiger partial charge in [-0.25, -0.2) is 0 Å². The number of hydrogen-bond donors (Lipinski definition) is 2. The van der Waals surface area contributed by atoms with Gasteiger partial charge in [-0.05, 0) is 11.1 Å². The van der Waals surface area contributed by atoms with Crippen LogP contribution in [-0.4, -0.2) is 22.5 Å². The lowest BCUT2D eigenvalue weighted by atomic mass is 10.1. The molecule has 0 radical (unpaired) electrons. The zero-order chi connectivity index (χ0) is 15.9. The Bertz CT molecular complexity index is 658. The number of nitro benzene ring substituents is 1. The third kappa shape index (κ3) is 4.39. The predicted octanol–water partition coefficient (Wildman–Crippen LogP) is 1.99. The molecule has 1 amide bonds. The first-order valence-corrected chi connectivity index (χ1v) is 6.79. The van der Waals surface area contributed by atoms with Gasteiger partial charge in [0.05, 0.1) is 17.4 Å². The Morgan fingerprint density at radius 1 is 1.18 bits per heavy atom. The molecule has 0 aliphatic rings. The fraction of sp³-hybridized carbons (Fsp3) is 0.188. The molecule has 0 bridgehead atoms. The van der Waals surface area contributed by atoms with Crippen LogP contribution in [0.3, 0.4) is 0 Å². The molecule has 2 rings (SSSR count). The number of aliphatic hydroxyl groups is 1. The van der Waals surface area contributed by atoms with Crippen LogP contribution >= 0.6 is 0 Å². The molecule has 0 heterocycles. The van der Waals surface area contributed by atoms with E-state index in [4.69, 9.17) is 0 Å². The molecule has 0 saturated carbocycles. The van der Waals surface area contributed by atoms with Crippen LogP contribution in [0.5, 0.6) is 0 Å². The maximum atomic E-state index is 11.8. The lowest BCUT2D eigenvalue weighted by Crippen LogP contribution is -2.29. The molecule has 6 nitrogen and oxygen atoms in total. The highest BCUT2D eigenvalue weighted by molar-refractivity contribution is 5.78. The normalized spacial score (nSPS) is 11.7. The van der Waals surface area contributed by atoms with E-state index in [1.165, 1.54) is 12.1 Å². The third-order valence-corrected chi connectivity index (χ3v) is 3.16. The third-order valence-electron chi connectivity index (χ3n) is 3.16. The van der Waals surface area contributed by atoms with Crippen molar-refractivity contribution in [3.8, 4) is 0 Å². The molecule has 22 heavy (non-hydrogen) atoms. The van der Waals surface area contributed by atoms with Crippen molar-refractivity contribution in [2.75, 3.05) is 6.54 Å². The summed E-state index contributed by atoms with van der Waals surface area (Å²) in [6.07, 6.45) is -0.751.